The summed E-state index contributed by atoms with van der Waals surface area (Å²) in [5, 5.41) is 32.6. The fourth-order valence-electron chi connectivity index (χ4n) is 2.68. The minimum atomic E-state index is -1.17. The fraction of sp³-hybridized carbons (Fsp3) is 0.0952. The van der Waals surface area contributed by atoms with Crippen molar-refractivity contribution in [2.45, 2.75) is 13.0 Å². The van der Waals surface area contributed by atoms with Crippen LogP contribution in [0.1, 0.15) is 22.8 Å². The molecule has 28 heavy (non-hydrogen) atoms. The molecule has 0 spiro atoms. The predicted molar refractivity (Wildman–Crippen MR) is 102 cm³/mol. The van der Waals surface area contributed by atoms with Gasteiger partial charge in [0.25, 0.3) is 5.91 Å². The molecule has 3 aromatic carbocycles. The Morgan fingerprint density at radius 2 is 1.79 bits per heavy atom. The van der Waals surface area contributed by atoms with Crippen LogP contribution in [0.2, 0.25) is 0 Å². The molecule has 0 saturated heterocycles. The van der Waals surface area contributed by atoms with Gasteiger partial charge >= 0.3 is 5.97 Å². The van der Waals surface area contributed by atoms with E-state index in [9.17, 15) is 19.8 Å². The molecule has 0 radical (unpaired) electrons. The molecule has 0 unspecified atom stereocenters. The van der Waals surface area contributed by atoms with Crippen LogP contribution in [0.3, 0.4) is 0 Å². The van der Waals surface area contributed by atoms with Gasteiger partial charge in [0.2, 0.25) is 0 Å². The number of amides is 1. The summed E-state index contributed by atoms with van der Waals surface area (Å²) >= 11 is 0. The van der Waals surface area contributed by atoms with E-state index in [-0.39, 0.29) is 17.1 Å². The number of carbonyl (C=O) groups excluding carboxylic acids is 2. The van der Waals surface area contributed by atoms with E-state index in [1.54, 1.807) is 42.5 Å². The summed E-state index contributed by atoms with van der Waals surface area (Å²) in [5.41, 5.74) is 0.513. The number of nitriles is 1. The van der Waals surface area contributed by atoms with Crippen LogP contribution in [0.25, 0.3) is 10.8 Å². The SMILES string of the molecule is C[C@H](OC(=O)c1cc(O)c2ccccc2c1O)C(=O)Nc1cccc(C#N)c1. The Morgan fingerprint density at radius 3 is 2.50 bits per heavy atom. The number of hydrogen-bond acceptors (Lipinski definition) is 6. The molecule has 140 valence electrons. The average Bonchev–Trinajstić information content (AvgIpc) is 2.70. The summed E-state index contributed by atoms with van der Waals surface area (Å²) < 4.78 is 5.12. The summed E-state index contributed by atoms with van der Waals surface area (Å²) in [7, 11) is 0. The summed E-state index contributed by atoms with van der Waals surface area (Å²) in [6.07, 6.45) is -1.17. The highest BCUT2D eigenvalue weighted by molar-refractivity contribution is 6.04. The summed E-state index contributed by atoms with van der Waals surface area (Å²) in [5.74, 6) is -2.08. The van der Waals surface area contributed by atoms with Crippen molar-refractivity contribution in [3.63, 3.8) is 0 Å². The lowest BCUT2D eigenvalue weighted by molar-refractivity contribution is -0.123. The Morgan fingerprint density at radius 1 is 1.07 bits per heavy atom. The second-order valence-corrected chi connectivity index (χ2v) is 6.07. The number of anilines is 1. The topological polar surface area (TPSA) is 120 Å². The first kappa shape index (κ1) is 18.7. The van der Waals surface area contributed by atoms with Gasteiger partial charge in [0.15, 0.2) is 6.10 Å². The van der Waals surface area contributed by atoms with Crippen molar-refractivity contribution < 1.29 is 24.5 Å². The molecular formula is C21H16N2O5. The van der Waals surface area contributed by atoms with E-state index in [4.69, 9.17) is 10.00 Å². The highest BCUT2D eigenvalue weighted by Crippen LogP contribution is 2.35. The van der Waals surface area contributed by atoms with E-state index in [0.29, 0.717) is 22.0 Å². The predicted octanol–water partition coefficient (Wildman–Crippen LogP) is 3.31. The van der Waals surface area contributed by atoms with Crippen LogP contribution >= 0.6 is 0 Å². The van der Waals surface area contributed by atoms with Crippen molar-refractivity contribution in [3.8, 4) is 17.6 Å². The number of benzene rings is 3. The minimum Gasteiger partial charge on any atom is -0.507 e. The van der Waals surface area contributed by atoms with Crippen molar-refractivity contribution in [3.05, 3.63) is 65.7 Å². The number of fused-ring (bicyclic) bond motifs is 1. The first-order chi connectivity index (χ1) is 13.4. The Hall–Kier alpha value is -4.05. The first-order valence-electron chi connectivity index (χ1n) is 8.36. The third-order valence-corrected chi connectivity index (χ3v) is 4.13. The molecule has 0 saturated carbocycles. The quantitative estimate of drug-likeness (QED) is 0.475. The zero-order chi connectivity index (χ0) is 20.3. The summed E-state index contributed by atoms with van der Waals surface area (Å²) in [6.45, 7) is 1.37. The smallest absolute Gasteiger partial charge is 0.342 e. The van der Waals surface area contributed by atoms with E-state index in [0.717, 1.165) is 6.07 Å². The van der Waals surface area contributed by atoms with Crippen LogP contribution < -0.4 is 5.32 Å². The molecule has 0 aliphatic rings. The standard InChI is InChI=1S/C21H16N2O5/c1-12(20(26)23-14-6-4-5-13(9-14)11-22)28-21(27)17-10-18(24)15-7-2-3-8-16(15)19(17)25/h2-10,12,24-25H,1H3,(H,23,26)/t12-/m0/s1. The number of carbonyl (C=O) groups is 2. The van der Waals surface area contributed by atoms with Crippen molar-refractivity contribution in [2.75, 3.05) is 5.32 Å². The zero-order valence-corrected chi connectivity index (χ0v) is 14.8. The number of esters is 1. The largest absolute Gasteiger partial charge is 0.507 e. The Balaban J connectivity index is 1.77. The van der Waals surface area contributed by atoms with Crippen molar-refractivity contribution in [1.82, 2.24) is 0 Å². The van der Waals surface area contributed by atoms with Gasteiger partial charge in [-0.2, -0.15) is 5.26 Å². The van der Waals surface area contributed by atoms with Gasteiger partial charge in [0.1, 0.15) is 17.1 Å². The minimum absolute atomic E-state index is 0.189. The van der Waals surface area contributed by atoms with Crippen molar-refractivity contribution >= 4 is 28.3 Å². The van der Waals surface area contributed by atoms with Crippen molar-refractivity contribution in [1.29, 1.82) is 5.26 Å². The molecule has 7 nitrogen and oxygen atoms in total. The maximum atomic E-state index is 12.4. The van der Waals surface area contributed by atoms with Gasteiger partial charge < -0.3 is 20.3 Å². The number of phenolic OH excluding ortho intramolecular Hbond substituents is 2. The maximum Gasteiger partial charge on any atom is 0.342 e. The molecule has 3 aromatic rings. The molecule has 0 heterocycles. The van der Waals surface area contributed by atoms with E-state index >= 15 is 0 Å². The molecule has 3 rings (SSSR count). The van der Waals surface area contributed by atoms with E-state index in [2.05, 4.69) is 5.32 Å². The summed E-state index contributed by atoms with van der Waals surface area (Å²) in [6, 6.07) is 15.8. The normalized spacial score (nSPS) is 11.4. The maximum absolute atomic E-state index is 12.4. The summed E-state index contributed by atoms with van der Waals surface area (Å²) in [4.78, 5) is 24.7. The third-order valence-electron chi connectivity index (χ3n) is 4.13. The van der Waals surface area contributed by atoms with Crippen LogP contribution in [-0.4, -0.2) is 28.2 Å². The van der Waals surface area contributed by atoms with Crippen LogP contribution in [0.5, 0.6) is 11.5 Å². The van der Waals surface area contributed by atoms with Gasteiger partial charge in [0, 0.05) is 16.5 Å². The lowest BCUT2D eigenvalue weighted by Gasteiger charge is -2.15. The van der Waals surface area contributed by atoms with E-state index < -0.39 is 18.0 Å². The van der Waals surface area contributed by atoms with E-state index in [1.165, 1.54) is 13.0 Å². The molecule has 3 N–H and O–H groups in total. The second kappa shape index (κ2) is 7.68. The molecule has 0 aliphatic carbocycles. The van der Waals surface area contributed by atoms with Crippen LogP contribution in [0.4, 0.5) is 5.69 Å². The first-order valence-corrected chi connectivity index (χ1v) is 8.36. The lowest BCUT2D eigenvalue weighted by atomic mass is 10.0. The molecule has 0 bridgehead atoms. The molecule has 1 atom stereocenters. The number of hydrogen-bond donors (Lipinski definition) is 3. The third kappa shape index (κ3) is 3.71. The van der Waals surface area contributed by atoms with Gasteiger partial charge in [-0.1, -0.05) is 30.3 Å². The highest BCUT2D eigenvalue weighted by atomic mass is 16.5. The number of ether oxygens (including phenoxy) is 1. The lowest BCUT2D eigenvalue weighted by Crippen LogP contribution is -2.30. The van der Waals surface area contributed by atoms with Crippen LogP contribution in [0, 0.1) is 11.3 Å². The van der Waals surface area contributed by atoms with Gasteiger partial charge in [-0.25, -0.2) is 4.79 Å². The van der Waals surface area contributed by atoms with Gasteiger partial charge in [-0.05, 0) is 31.2 Å². The fourth-order valence-corrected chi connectivity index (χ4v) is 2.68. The van der Waals surface area contributed by atoms with Crippen LogP contribution in [0.15, 0.2) is 54.6 Å². The molecule has 7 heteroatoms. The highest BCUT2D eigenvalue weighted by Gasteiger charge is 2.23. The Labute approximate surface area is 160 Å². The number of nitrogens with one attached hydrogen (secondary N) is 1. The molecule has 1 amide bonds. The van der Waals surface area contributed by atoms with Gasteiger partial charge in [-0.3, -0.25) is 4.79 Å². The zero-order valence-electron chi connectivity index (χ0n) is 14.8. The number of nitrogens with zero attached hydrogens (tertiary/aromatic N) is 1. The number of rotatable bonds is 4. The molecule has 0 fully saturated rings. The molecule has 0 aliphatic heterocycles. The Bertz CT molecular complexity index is 1120. The van der Waals surface area contributed by atoms with Crippen molar-refractivity contribution in [2.24, 2.45) is 0 Å². The average molecular weight is 376 g/mol. The molecular weight excluding hydrogens is 360 g/mol. The number of aromatic hydroxyl groups is 2. The number of phenols is 2. The Kier molecular flexibility index (Phi) is 5.14. The van der Waals surface area contributed by atoms with E-state index in [1.807, 2.05) is 6.07 Å². The second-order valence-electron chi connectivity index (χ2n) is 6.07. The van der Waals surface area contributed by atoms with Gasteiger partial charge in [0.05, 0.1) is 11.6 Å². The van der Waals surface area contributed by atoms with Gasteiger partial charge in [-0.15, -0.1) is 0 Å². The molecule has 0 aromatic heterocycles. The monoisotopic (exact) mass is 376 g/mol. The van der Waals surface area contributed by atoms with Crippen LogP contribution in [-0.2, 0) is 9.53 Å².